The number of likely N-dealkylation sites (N-methyl/N-ethyl adjacent to an activating group) is 1. The molecule has 0 aliphatic carbocycles. The topological polar surface area (TPSA) is 74.8 Å². The highest BCUT2D eigenvalue weighted by molar-refractivity contribution is 9.10. The van der Waals surface area contributed by atoms with Gasteiger partial charge < -0.3 is 16.0 Å². The maximum Gasteiger partial charge on any atom is 0.279 e. The first-order chi connectivity index (χ1) is 8.52. The fourth-order valence-electron chi connectivity index (χ4n) is 1.36. The molecule has 1 aromatic rings. The van der Waals surface area contributed by atoms with Crippen molar-refractivity contribution in [1.29, 1.82) is 0 Å². The Bertz CT molecular complexity index is 449. The summed E-state index contributed by atoms with van der Waals surface area (Å²) in [5, 5.41) is 6.92. The molecule has 0 aliphatic rings. The van der Waals surface area contributed by atoms with Crippen molar-refractivity contribution in [3.8, 4) is 0 Å². The van der Waals surface area contributed by atoms with Crippen molar-refractivity contribution in [3.05, 3.63) is 28.2 Å². The molecular weight excluding hydrogens is 298 g/mol. The van der Waals surface area contributed by atoms with E-state index in [0.29, 0.717) is 0 Å². The van der Waals surface area contributed by atoms with Crippen LogP contribution in [0, 0.1) is 6.92 Å². The van der Waals surface area contributed by atoms with Crippen LogP contribution in [0.3, 0.4) is 0 Å². The summed E-state index contributed by atoms with van der Waals surface area (Å²) >= 11 is 3.39. The normalized spacial score (nSPS) is 9.94. The zero-order valence-electron chi connectivity index (χ0n) is 10.4. The van der Waals surface area contributed by atoms with Crippen LogP contribution < -0.4 is 16.0 Å². The number of amides is 2. The zero-order valence-corrected chi connectivity index (χ0v) is 12.0. The van der Waals surface area contributed by atoms with Gasteiger partial charge in [0, 0.05) is 11.5 Å². The van der Waals surface area contributed by atoms with Gasteiger partial charge in [-0.1, -0.05) is 6.07 Å². The summed E-state index contributed by atoms with van der Waals surface area (Å²) in [6, 6.07) is 5.70. The molecule has 0 atom stereocenters. The lowest BCUT2D eigenvalue weighted by Gasteiger charge is -2.07. The second kappa shape index (κ2) is 7.13. The van der Waals surface area contributed by atoms with Crippen molar-refractivity contribution >= 4 is 33.4 Å². The molecule has 5 nitrogen and oxygen atoms in total. The van der Waals surface area contributed by atoms with Crippen molar-refractivity contribution in [2.24, 2.45) is 0 Å². The molecular formula is C12H17BrN3O2+. The van der Waals surface area contributed by atoms with Gasteiger partial charge in [0.05, 0.1) is 5.69 Å². The molecule has 1 rings (SSSR count). The second-order valence-electron chi connectivity index (χ2n) is 3.90. The predicted octanol–water partition coefficient (Wildman–Crippen LogP) is 0.00542. The van der Waals surface area contributed by atoms with Gasteiger partial charge in [0.2, 0.25) is 0 Å². The van der Waals surface area contributed by atoms with Crippen molar-refractivity contribution in [3.63, 3.8) is 0 Å². The molecule has 98 valence electrons. The molecule has 0 aliphatic heterocycles. The third kappa shape index (κ3) is 4.85. The van der Waals surface area contributed by atoms with E-state index in [1.807, 2.05) is 25.1 Å². The van der Waals surface area contributed by atoms with Crippen LogP contribution in [0.15, 0.2) is 22.7 Å². The Balaban J connectivity index is 2.42. The number of quaternary nitrogens is 1. The molecule has 0 unspecified atom stereocenters. The third-order valence-corrected chi connectivity index (χ3v) is 2.99. The van der Waals surface area contributed by atoms with Crippen LogP contribution in [0.1, 0.15) is 5.56 Å². The van der Waals surface area contributed by atoms with Crippen molar-refractivity contribution in [1.82, 2.24) is 5.32 Å². The Labute approximate surface area is 114 Å². The van der Waals surface area contributed by atoms with Crippen LogP contribution in [-0.4, -0.2) is 32.0 Å². The van der Waals surface area contributed by atoms with E-state index in [1.54, 1.807) is 12.4 Å². The number of carbonyl (C=O) groups is 2. The lowest BCUT2D eigenvalue weighted by Crippen LogP contribution is -2.88. The smallest absolute Gasteiger partial charge is 0.279 e. The third-order valence-electron chi connectivity index (χ3n) is 2.34. The number of hydrogen-bond acceptors (Lipinski definition) is 2. The number of halogens is 1. The number of aryl methyl sites for hydroxylation is 1. The van der Waals surface area contributed by atoms with Crippen molar-refractivity contribution < 1.29 is 14.9 Å². The number of carbonyl (C=O) groups excluding carboxylic acids is 2. The van der Waals surface area contributed by atoms with E-state index in [4.69, 9.17) is 0 Å². The van der Waals surface area contributed by atoms with Crippen LogP contribution in [-0.2, 0) is 9.59 Å². The average Bonchev–Trinajstić information content (AvgIpc) is 2.32. The predicted molar refractivity (Wildman–Crippen MR) is 73.2 cm³/mol. The Kier molecular flexibility index (Phi) is 5.80. The molecule has 1 aromatic carbocycles. The first-order valence-electron chi connectivity index (χ1n) is 5.61. The molecule has 4 N–H and O–H groups in total. The molecule has 0 bridgehead atoms. The summed E-state index contributed by atoms with van der Waals surface area (Å²) in [5.74, 6) is -0.234. The molecule has 0 spiro atoms. The van der Waals surface area contributed by atoms with Gasteiger partial charge >= 0.3 is 0 Å². The van der Waals surface area contributed by atoms with Crippen molar-refractivity contribution in [2.75, 3.05) is 25.5 Å². The number of rotatable bonds is 5. The van der Waals surface area contributed by atoms with E-state index in [1.165, 1.54) is 0 Å². The number of anilines is 1. The Morgan fingerprint density at radius 2 is 1.94 bits per heavy atom. The van der Waals surface area contributed by atoms with Gasteiger partial charge in [0.1, 0.15) is 0 Å². The molecule has 6 heteroatoms. The highest BCUT2D eigenvalue weighted by atomic mass is 79.9. The van der Waals surface area contributed by atoms with Crippen molar-refractivity contribution in [2.45, 2.75) is 6.92 Å². The van der Waals surface area contributed by atoms with Crippen LogP contribution in [0.5, 0.6) is 0 Å². The second-order valence-corrected chi connectivity index (χ2v) is 4.76. The highest BCUT2D eigenvalue weighted by Gasteiger charge is 2.08. The lowest BCUT2D eigenvalue weighted by molar-refractivity contribution is -0.632. The molecule has 0 radical (unpaired) electrons. The first kappa shape index (κ1) is 14.7. The Morgan fingerprint density at radius 1 is 1.28 bits per heavy atom. The molecule has 0 saturated carbocycles. The van der Waals surface area contributed by atoms with Crippen LogP contribution in [0.2, 0.25) is 0 Å². The van der Waals surface area contributed by atoms with Gasteiger partial charge in [0.15, 0.2) is 13.1 Å². The fourth-order valence-corrected chi connectivity index (χ4v) is 1.95. The maximum absolute atomic E-state index is 11.6. The minimum atomic E-state index is -0.136. The van der Waals surface area contributed by atoms with Crippen LogP contribution in [0.25, 0.3) is 0 Å². The van der Waals surface area contributed by atoms with Gasteiger partial charge in [0.25, 0.3) is 11.8 Å². The highest BCUT2D eigenvalue weighted by Crippen LogP contribution is 2.22. The Morgan fingerprint density at radius 3 is 2.56 bits per heavy atom. The van der Waals surface area contributed by atoms with E-state index in [2.05, 4.69) is 26.6 Å². The van der Waals surface area contributed by atoms with E-state index in [-0.39, 0.29) is 24.9 Å². The summed E-state index contributed by atoms with van der Waals surface area (Å²) in [7, 11) is 1.57. The van der Waals surface area contributed by atoms with Crippen LogP contribution >= 0.6 is 15.9 Å². The maximum atomic E-state index is 11.6. The zero-order chi connectivity index (χ0) is 13.5. The summed E-state index contributed by atoms with van der Waals surface area (Å²) in [4.78, 5) is 22.6. The largest absolute Gasteiger partial charge is 0.354 e. The van der Waals surface area contributed by atoms with E-state index in [9.17, 15) is 9.59 Å². The lowest BCUT2D eigenvalue weighted by atomic mass is 10.2. The molecule has 2 amide bonds. The number of nitrogens with two attached hydrogens (primary N) is 1. The standard InChI is InChI=1S/C12H16BrN3O2/c1-8-3-4-10(9(13)5-8)16-12(18)7-15-6-11(17)14-2/h3-5,15H,6-7H2,1-2H3,(H,14,17)(H,16,18)/p+1. The fraction of sp³-hybridized carbons (Fsp3) is 0.333. The van der Waals surface area contributed by atoms with Crippen LogP contribution in [0.4, 0.5) is 5.69 Å². The molecule has 18 heavy (non-hydrogen) atoms. The number of hydrogen-bond donors (Lipinski definition) is 3. The van der Waals surface area contributed by atoms with Gasteiger partial charge in [-0.25, -0.2) is 0 Å². The number of benzene rings is 1. The molecule has 0 aromatic heterocycles. The quantitative estimate of drug-likeness (QED) is 0.716. The van der Waals surface area contributed by atoms with E-state index >= 15 is 0 Å². The molecule has 0 saturated heterocycles. The van der Waals surface area contributed by atoms with E-state index in [0.717, 1.165) is 15.7 Å². The SMILES string of the molecule is CNC(=O)C[NH2+]CC(=O)Nc1ccc(C)cc1Br. The van der Waals surface area contributed by atoms with E-state index < -0.39 is 0 Å². The monoisotopic (exact) mass is 314 g/mol. The van der Waals surface area contributed by atoms with Gasteiger partial charge in [-0.3, -0.25) is 9.59 Å². The Hall–Kier alpha value is -1.40. The summed E-state index contributed by atoms with van der Waals surface area (Å²) < 4.78 is 0.849. The van der Waals surface area contributed by atoms with Gasteiger partial charge in [-0.05, 0) is 40.5 Å². The summed E-state index contributed by atoms with van der Waals surface area (Å²) in [6.45, 7) is 2.44. The minimum Gasteiger partial charge on any atom is -0.354 e. The summed E-state index contributed by atoms with van der Waals surface area (Å²) in [5.41, 5.74) is 1.85. The summed E-state index contributed by atoms with van der Waals surface area (Å²) in [6.07, 6.45) is 0. The van der Waals surface area contributed by atoms with Gasteiger partial charge in [-0.2, -0.15) is 0 Å². The average molecular weight is 315 g/mol. The molecule has 0 heterocycles. The molecule has 0 fully saturated rings. The minimum absolute atomic E-state index is 0.0979. The number of nitrogens with one attached hydrogen (secondary N) is 2. The van der Waals surface area contributed by atoms with Gasteiger partial charge in [-0.15, -0.1) is 0 Å². The first-order valence-corrected chi connectivity index (χ1v) is 6.40.